The van der Waals surface area contributed by atoms with E-state index in [1.807, 2.05) is 19.1 Å². The van der Waals surface area contributed by atoms with Crippen LogP contribution in [-0.2, 0) is 4.79 Å². The molecule has 0 saturated carbocycles. The van der Waals surface area contributed by atoms with Gasteiger partial charge in [-0.1, -0.05) is 22.9 Å². The monoisotopic (exact) mass is 388 g/mol. The van der Waals surface area contributed by atoms with Crippen molar-refractivity contribution >= 4 is 39.1 Å². The second-order valence-electron chi connectivity index (χ2n) is 5.48. The lowest BCUT2D eigenvalue weighted by Gasteiger charge is -2.29. The normalized spacial score (nSPS) is 13.2. The van der Waals surface area contributed by atoms with Crippen molar-refractivity contribution in [2.45, 2.75) is 13.3 Å². The van der Waals surface area contributed by atoms with Gasteiger partial charge in [-0.15, -0.1) is 0 Å². The zero-order chi connectivity index (χ0) is 17.1. The first kappa shape index (κ1) is 16.5. The topological polar surface area (TPSA) is 58.6 Å². The Labute approximate surface area is 148 Å². The largest absolute Gasteiger partial charge is 0.481 e. The standard InChI is InChI=1S/C18H17BrN2O3/c1-2-9-21-15-8-7-14(10-16(15)24-11-17(21)22)20-18(23)12-3-5-13(19)6-4-12/h3-8,10H,2,9,11H2,1H3,(H,20,23). The molecular weight excluding hydrogens is 372 g/mol. The van der Waals surface area contributed by atoms with Gasteiger partial charge < -0.3 is 15.0 Å². The van der Waals surface area contributed by atoms with Gasteiger partial charge in [0.25, 0.3) is 11.8 Å². The Morgan fingerprint density at radius 2 is 2.00 bits per heavy atom. The van der Waals surface area contributed by atoms with Crippen LogP contribution >= 0.6 is 15.9 Å². The average molecular weight is 389 g/mol. The molecule has 0 spiro atoms. The number of amides is 2. The van der Waals surface area contributed by atoms with Gasteiger partial charge in [-0.3, -0.25) is 9.59 Å². The summed E-state index contributed by atoms with van der Waals surface area (Å²) in [5.41, 5.74) is 1.95. The van der Waals surface area contributed by atoms with E-state index in [0.717, 1.165) is 16.6 Å². The number of carbonyl (C=O) groups excluding carboxylic acids is 2. The highest BCUT2D eigenvalue weighted by Crippen LogP contribution is 2.34. The van der Waals surface area contributed by atoms with E-state index in [-0.39, 0.29) is 18.4 Å². The van der Waals surface area contributed by atoms with Crippen LogP contribution < -0.4 is 15.0 Å². The lowest BCUT2D eigenvalue weighted by molar-refractivity contribution is -0.121. The van der Waals surface area contributed by atoms with Crippen molar-refractivity contribution in [2.75, 3.05) is 23.4 Å². The van der Waals surface area contributed by atoms with Crippen molar-refractivity contribution in [1.29, 1.82) is 0 Å². The third-order valence-electron chi connectivity index (χ3n) is 3.71. The van der Waals surface area contributed by atoms with Crippen LogP contribution in [0.2, 0.25) is 0 Å². The minimum atomic E-state index is -0.195. The Hall–Kier alpha value is -2.34. The first-order chi connectivity index (χ1) is 11.6. The van der Waals surface area contributed by atoms with Gasteiger partial charge in [-0.05, 0) is 42.8 Å². The fraction of sp³-hybridized carbons (Fsp3) is 0.222. The first-order valence-electron chi connectivity index (χ1n) is 7.72. The number of ether oxygens (including phenoxy) is 1. The molecule has 3 rings (SSSR count). The van der Waals surface area contributed by atoms with Gasteiger partial charge in [0.05, 0.1) is 5.69 Å². The van der Waals surface area contributed by atoms with E-state index in [9.17, 15) is 9.59 Å². The molecule has 0 aromatic heterocycles. The third kappa shape index (κ3) is 3.43. The third-order valence-corrected chi connectivity index (χ3v) is 4.24. The van der Waals surface area contributed by atoms with Crippen LogP contribution in [0.15, 0.2) is 46.9 Å². The highest BCUT2D eigenvalue weighted by atomic mass is 79.9. The summed E-state index contributed by atoms with van der Waals surface area (Å²) in [4.78, 5) is 26.0. The van der Waals surface area contributed by atoms with E-state index in [4.69, 9.17) is 4.74 Å². The number of anilines is 2. The summed E-state index contributed by atoms with van der Waals surface area (Å²) in [5, 5.41) is 2.85. The molecule has 0 bridgehead atoms. The molecule has 0 radical (unpaired) electrons. The molecule has 124 valence electrons. The SMILES string of the molecule is CCCN1C(=O)COc2cc(NC(=O)c3ccc(Br)cc3)ccc21. The summed E-state index contributed by atoms with van der Waals surface area (Å²) < 4.78 is 6.43. The predicted octanol–water partition coefficient (Wildman–Crippen LogP) is 3.84. The summed E-state index contributed by atoms with van der Waals surface area (Å²) in [6.45, 7) is 2.70. The van der Waals surface area contributed by atoms with Crippen molar-refractivity contribution in [3.05, 3.63) is 52.5 Å². The van der Waals surface area contributed by atoms with Gasteiger partial charge in [0.15, 0.2) is 6.61 Å². The zero-order valence-corrected chi connectivity index (χ0v) is 14.8. The Morgan fingerprint density at radius 1 is 1.25 bits per heavy atom. The number of hydrogen-bond acceptors (Lipinski definition) is 3. The van der Waals surface area contributed by atoms with Crippen LogP contribution in [0.3, 0.4) is 0 Å². The summed E-state index contributed by atoms with van der Waals surface area (Å²) in [5.74, 6) is 0.368. The van der Waals surface area contributed by atoms with Crippen LogP contribution in [-0.4, -0.2) is 25.0 Å². The van der Waals surface area contributed by atoms with E-state index in [1.54, 1.807) is 35.2 Å². The van der Waals surface area contributed by atoms with E-state index in [1.165, 1.54) is 0 Å². The average Bonchev–Trinajstić information content (AvgIpc) is 2.58. The molecule has 2 aromatic carbocycles. The summed E-state index contributed by atoms with van der Waals surface area (Å²) in [6, 6.07) is 12.5. The second kappa shape index (κ2) is 7.05. The number of nitrogens with one attached hydrogen (secondary N) is 1. The molecular formula is C18H17BrN2O3. The fourth-order valence-corrected chi connectivity index (χ4v) is 2.82. The number of halogens is 1. The number of benzene rings is 2. The predicted molar refractivity (Wildman–Crippen MR) is 96.7 cm³/mol. The summed E-state index contributed by atoms with van der Waals surface area (Å²) in [6.07, 6.45) is 0.868. The van der Waals surface area contributed by atoms with Gasteiger partial charge in [-0.2, -0.15) is 0 Å². The Kier molecular flexibility index (Phi) is 4.85. The maximum absolute atomic E-state index is 12.3. The molecule has 2 amide bonds. The number of carbonyl (C=O) groups is 2. The van der Waals surface area contributed by atoms with Crippen molar-refractivity contribution < 1.29 is 14.3 Å². The highest BCUT2D eigenvalue weighted by Gasteiger charge is 2.25. The molecule has 0 fully saturated rings. The minimum absolute atomic E-state index is 0.0249. The lowest BCUT2D eigenvalue weighted by Crippen LogP contribution is -2.39. The summed E-state index contributed by atoms with van der Waals surface area (Å²) >= 11 is 3.35. The number of hydrogen-bond donors (Lipinski definition) is 1. The lowest BCUT2D eigenvalue weighted by atomic mass is 10.1. The first-order valence-corrected chi connectivity index (χ1v) is 8.52. The van der Waals surface area contributed by atoms with Gasteiger partial charge in [0, 0.05) is 28.3 Å². The molecule has 0 aliphatic carbocycles. The molecule has 1 aliphatic rings. The Balaban J connectivity index is 1.80. The van der Waals surface area contributed by atoms with Gasteiger partial charge >= 0.3 is 0 Å². The summed E-state index contributed by atoms with van der Waals surface area (Å²) in [7, 11) is 0. The van der Waals surface area contributed by atoms with Crippen LogP contribution in [0.4, 0.5) is 11.4 Å². The van der Waals surface area contributed by atoms with Crippen molar-refractivity contribution in [3.63, 3.8) is 0 Å². The van der Waals surface area contributed by atoms with Gasteiger partial charge in [-0.25, -0.2) is 0 Å². The molecule has 1 heterocycles. The van der Waals surface area contributed by atoms with Gasteiger partial charge in [0.2, 0.25) is 0 Å². The Morgan fingerprint density at radius 3 is 2.71 bits per heavy atom. The molecule has 2 aromatic rings. The number of rotatable bonds is 4. The van der Waals surface area contributed by atoms with Crippen LogP contribution in [0.25, 0.3) is 0 Å². The van der Waals surface area contributed by atoms with Crippen molar-refractivity contribution in [3.8, 4) is 5.75 Å². The van der Waals surface area contributed by atoms with E-state index >= 15 is 0 Å². The highest BCUT2D eigenvalue weighted by molar-refractivity contribution is 9.10. The van der Waals surface area contributed by atoms with Crippen molar-refractivity contribution in [2.24, 2.45) is 0 Å². The van der Waals surface area contributed by atoms with Crippen molar-refractivity contribution in [1.82, 2.24) is 0 Å². The molecule has 0 atom stereocenters. The Bertz CT molecular complexity index is 774. The van der Waals surface area contributed by atoms with E-state index < -0.39 is 0 Å². The molecule has 1 N–H and O–H groups in total. The van der Waals surface area contributed by atoms with E-state index in [0.29, 0.717) is 23.5 Å². The molecule has 6 heteroatoms. The number of nitrogens with zero attached hydrogens (tertiary/aromatic N) is 1. The smallest absolute Gasteiger partial charge is 0.265 e. The fourth-order valence-electron chi connectivity index (χ4n) is 2.56. The maximum atomic E-state index is 12.3. The number of fused-ring (bicyclic) bond motifs is 1. The zero-order valence-electron chi connectivity index (χ0n) is 13.2. The molecule has 0 unspecified atom stereocenters. The van der Waals surface area contributed by atoms with E-state index in [2.05, 4.69) is 21.2 Å². The van der Waals surface area contributed by atoms with Crippen LogP contribution in [0, 0.1) is 0 Å². The minimum Gasteiger partial charge on any atom is -0.481 e. The van der Waals surface area contributed by atoms with Crippen LogP contribution in [0.1, 0.15) is 23.7 Å². The van der Waals surface area contributed by atoms with Gasteiger partial charge in [0.1, 0.15) is 5.75 Å². The molecule has 0 saturated heterocycles. The molecule has 24 heavy (non-hydrogen) atoms. The second-order valence-corrected chi connectivity index (χ2v) is 6.39. The maximum Gasteiger partial charge on any atom is 0.265 e. The van der Waals surface area contributed by atoms with Crippen LogP contribution in [0.5, 0.6) is 5.75 Å². The molecule has 1 aliphatic heterocycles. The molecule has 5 nitrogen and oxygen atoms in total. The quantitative estimate of drug-likeness (QED) is 0.865.